The van der Waals surface area contributed by atoms with Gasteiger partial charge in [-0.2, -0.15) is 0 Å². The van der Waals surface area contributed by atoms with Crippen molar-refractivity contribution in [2.24, 2.45) is 0 Å². The van der Waals surface area contributed by atoms with Crippen molar-refractivity contribution < 1.29 is 31.3 Å². The summed E-state index contributed by atoms with van der Waals surface area (Å²) in [7, 11) is -7.30. The average molecular weight is 617 g/mol. The van der Waals surface area contributed by atoms with Gasteiger partial charge in [-0.15, -0.1) is 0 Å². The molecule has 1 atom stereocenters. The third-order valence-corrected chi connectivity index (χ3v) is 9.90. The monoisotopic (exact) mass is 616 g/mol. The Bertz CT molecular complexity index is 1730. The molecule has 0 aliphatic rings. The first-order valence-electron chi connectivity index (χ1n) is 14.0. The van der Waals surface area contributed by atoms with Gasteiger partial charge >= 0.3 is 7.82 Å². The summed E-state index contributed by atoms with van der Waals surface area (Å²) in [6, 6.07) is 12.7. The van der Waals surface area contributed by atoms with E-state index in [1.54, 1.807) is 72.9 Å². The highest BCUT2D eigenvalue weighted by Crippen LogP contribution is 2.55. The number of hydrogen-bond donors (Lipinski definition) is 1. The number of pyridine rings is 1. The SMILES string of the molecule is CCS(=O)(=O)c1cccc(-c2ccc(OC(C)COP(=O)(OC(C)(C)C)OC(C)(C)C)c3[nH]c4ncc(C)cc4c23)c1. The topological polar surface area (TPSA) is 117 Å². The molecule has 0 aliphatic heterocycles. The number of H-pyrrole nitrogens is 1. The number of hydrogen-bond acceptors (Lipinski definition) is 8. The number of aromatic nitrogens is 2. The Balaban J connectivity index is 1.72. The predicted molar refractivity (Wildman–Crippen MR) is 167 cm³/mol. The van der Waals surface area contributed by atoms with Crippen molar-refractivity contribution in [2.45, 2.75) is 84.5 Å². The molecule has 0 saturated carbocycles. The number of sulfone groups is 1. The lowest BCUT2D eigenvalue weighted by molar-refractivity contribution is -0.00600. The second kappa shape index (κ2) is 11.7. The Morgan fingerprint density at radius 3 is 2.29 bits per heavy atom. The fourth-order valence-electron chi connectivity index (χ4n) is 4.52. The lowest BCUT2D eigenvalue weighted by atomic mass is 9.99. The summed E-state index contributed by atoms with van der Waals surface area (Å²) in [5, 5.41) is 1.75. The number of benzene rings is 2. The van der Waals surface area contributed by atoms with Crippen LogP contribution in [-0.2, 0) is 28.0 Å². The molecule has 42 heavy (non-hydrogen) atoms. The first kappa shape index (κ1) is 32.2. The van der Waals surface area contributed by atoms with Crippen molar-refractivity contribution in [3.63, 3.8) is 0 Å². The quantitative estimate of drug-likeness (QED) is 0.178. The van der Waals surface area contributed by atoms with Crippen LogP contribution < -0.4 is 4.74 Å². The van der Waals surface area contributed by atoms with E-state index in [1.807, 2.05) is 38.1 Å². The van der Waals surface area contributed by atoms with Gasteiger partial charge in [0.1, 0.15) is 17.5 Å². The lowest BCUT2D eigenvalue weighted by Gasteiger charge is -2.31. The third kappa shape index (κ3) is 7.60. The minimum Gasteiger partial charge on any atom is -0.486 e. The van der Waals surface area contributed by atoms with Crippen molar-refractivity contribution in [1.29, 1.82) is 0 Å². The van der Waals surface area contributed by atoms with Crippen LogP contribution in [0, 0.1) is 6.92 Å². The maximum atomic E-state index is 13.5. The highest BCUT2D eigenvalue weighted by atomic mass is 32.2. The molecule has 1 unspecified atom stereocenters. The minimum atomic E-state index is -3.91. The molecule has 0 spiro atoms. The molecule has 0 fully saturated rings. The van der Waals surface area contributed by atoms with Crippen molar-refractivity contribution in [3.05, 3.63) is 54.2 Å². The number of nitrogens with one attached hydrogen (secondary N) is 1. The van der Waals surface area contributed by atoms with E-state index in [-0.39, 0.29) is 17.3 Å². The van der Waals surface area contributed by atoms with Crippen LogP contribution in [0.15, 0.2) is 53.6 Å². The summed E-state index contributed by atoms with van der Waals surface area (Å²) in [5.41, 5.74) is 2.46. The Kier molecular flexibility index (Phi) is 8.99. The van der Waals surface area contributed by atoms with Gasteiger partial charge in [0, 0.05) is 17.0 Å². The van der Waals surface area contributed by atoms with E-state index in [0.717, 1.165) is 27.5 Å². The fourth-order valence-corrected chi connectivity index (χ4v) is 7.32. The van der Waals surface area contributed by atoms with E-state index in [9.17, 15) is 13.0 Å². The molecule has 0 radical (unpaired) electrons. The third-order valence-electron chi connectivity index (χ3n) is 6.16. The Hall–Kier alpha value is -2.75. The molecule has 2 heterocycles. The normalized spacial score (nSPS) is 14.0. The molecule has 0 amide bonds. The van der Waals surface area contributed by atoms with Crippen molar-refractivity contribution in [1.82, 2.24) is 9.97 Å². The average Bonchev–Trinajstić information content (AvgIpc) is 3.25. The van der Waals surface area contributed by atoms with Gasteiger partial charge < -0.3 is 9.72 Å². The Morgan fingerprint density at radius 1 is 1.00 bits per heavy atom. The van der Waals surface area contributed by atoms with Gasteiger partial charge in [0.25, 0.3) is 0 Å². The molecule has 4 aromatic rings. The molecule has 0 aliphatic carbocycles. The summed E-state index contributed by atoms with van der Waals surface area (Å²) in [5.74, 6) is 0.560. The minimum absolute atomic E-state index is 0.0172. The van der Waals surface area contributed by atoms with Gasteiger partial charge in [-0.1, -0.05) is 19.1 Å². The van der Waals surface area contributed by atoms with Crippen LogP contribution in [0.3, 0.4) is 0 Å². The van der Waals surface area contributed by atoms with Gasteiger partial charge in [-0.25, -0.2) is 18.0 Å². The van der Waals surface area contributed by atoms with Crippen LogP contribution in [0.2, 0.25) is 0 Å². The van der Waals surface area contributed by atoms with Crippen molar-refractivity contribution in [3.8, 4) is 16.9 Å². The second-order valence-corrected chi connectivity index (χ2v) is 16.2. The standard InChI is InChI=1S/C31H41N2O7PS/c1-10-42(35,36)23-13-11-12-22(17-23)24-14-15-26(28-27(24)25-16-20(2)18-32-29(25)33-28)38-21(3)19-37-41(34,39-30(4,5)6)40-31(7,8)9/h11-18,21H,10,19H2,1-9H3,(H,32,33). The molecule has 2 aromatic carbocycles. The fraction of sp³-hybridized carbons (Fsp3) is 0.452. The highest BCUT2D eigenvalue weighted by Gasteiger charge is 2.37. The Morgan fingerprint density at radius 2 is 1.67 bits per heavy atom. The number of ether oxygens (including phenoxy) is 1. The van der Waals surface area contributed by atoms with Crippen LogP contribution >= 0.6 is 7.82 Å². The van der Waals surface area contributed by atoms with E-state index in [4.69, 9.17) is 18.3 Å². The maximum Gasteiger partial charge on any atom is 0.475 e. The summed E-state index contributed by atoms with van der Waals surface area (Å²) < 4.78 is 62.3. The number of nitrogens with zero attached hydrogens (tertiary/aromatic N) is 1. The van der Waals surface area contributed by atoms with E-state index >= 15 is 0 Å². The van der Waals surface area contributed by atoms with Crippen LogP contribution in [0.5, 0.6) is 5.75 Å². The lowest BCUT2D eigenvalue weighted by Crippen LogP contribution is -2.27. The molecular formula is C31H41N2O7PS. The van der Waals surface area contributed by atoms with Gasteiger partial charge in [-0.3, -0.25) is 13.6 Å². The zero-order valence-electron chi connectivity index (χ0n) is 25.8. The zero-order valence-corrected chi connectivity index (χ0v) is 27.5. The van der Waals surface area contributed by atoms with Gasteiger partial charge in [0.05, 0.1) is 34.0 Å². The molecule has 0 bridgehead atoms. The predicted octanol–water partition coefficient (Wildman–Crippen LogP) is 8.01. The Labute approximate surface area is 248 Å². The first-order chi connectivity index (χ1) is 19.4. The van der Waals surface area contributed by atoms with Gasteiger partial charge in [0.15, 0.2) is 9.84 Å². The van der Waals surface area contributed by atoms with Crippen molar-refractivity contribution >= 4 is 39.6 Å². The first-order valence-corrected chi connectivity index (χ1v) is 17.1. The molecular weight excluding hydrogens is 575 g/mol. The second-order valence-electron chi connectivity index (χ2n) is 12.4. The molecule has 228 valence electrons. The van der Waals surface area contributed by atoms with E-state index < -0.39 is 35.0 Å². The summed E-state index contributed by atoms with van der Waals surface area (Å²) >= 11 is 0. The maximum absolute atomic E-state index is 13.5. The highest BCUT2D eigenvalue weighted by molar-refractivity contribution is 7.91. The molecule has 11 heteroatoms. The summed E-state index contributed by atoms with van der Waals surface area (Å²) in [6.07, 6.45) is 1.25. The summed E-state index contributed by atoms with van der Waals surface area (Å²) in [6.45, 7) is 16.1. The van der Waals surface area contributed by atoms with Gasteiger partial charge in [0.2, 0.25) is 0 Å². The number of phosphoric acid groups is 1. The number of fused-ring (bicyclic) bond motifs is 3. The number of aryl methyl sites for hydroxylation is 1. The number of phosphoric ester groups is 1. The molecule has 0 saturated heterocycles. The number of aromatic amines is 1. The van der Waals surface area contributed by atoms with Crippen LogP contribution in [0.25, 0.3) is 33.1 Å². The van der Waals surface area contributed by atoms with Crippen LogP contribution in [-0.4, -0.2) is 48.1 Å². The molecule has 1 N–H and O–H groups in total. The van der Waals surface area contributed by atoms with E-state index in [0.29, 0.717) is 16.9 Å². The zero-order chi connectivity index (χ0) is 31.1. The van der Waals surface area contributed by atoms with Crippen LogP contribution in [0.1, 0.15) is 61.0 Å². The smallest absolute Gasteiger partial charge is 0.475 e. The molecule has 9 nitrogen and oxygen atoms in total. The van der Waals surface area contributed by atoms with Crippen LogP contribution in [0.4, 0.5) is 0 Å². The van der Waals surface area contributed by atoms with Gasteiger partial charge in [-0.05, 0) is 102 Å². The summed E-state index contributed by atoms with van der Waals surface area (Å²) in [4.78, 5) is 8.23. The van der Waals surface area contributed by atoms with E-state index in [2.05, 4.69) is 9.97 Å². The van der Waals surface area contributed by atoms with Crippen molar-refractivity contribution in [2.75, 3.05) is 12.4 Å². The number of rotatable bonds is 10. The molecule has 2 aromatic heterocycles. The molecule has 4 rings (SSSR count). The largest absolute Gasteiger partial charge is 0.486 e. The van der Waals surface area contributed by atoms with E-state index in [1.165, 1.54) is 0 Å².